The molecule has 1 saturated heterocycles. The van der Waals surface area contributed by atoms with Crippen LogP contribution in [-0.4, -0.2) is 39.1 Å². The predicted molar refractivity (Wildman–Crippen MR) is 76.6 cm³/mol. The molecule has 0 N–H and O–H groups in total. The van der Waals surface area contributed by atoms with Crippen molar-refractivity contribution in [2.24, 2.45) is 5.92 Å². The molecule has 1 aromatic heterocycles. The highest BCUT2D eigenvalue weighted by atomic mass is 35.5. The van der Waals surface area contributed by atoms with Crippen LogP contribution in [0.1, 0.15) is 42.9 Å². The molecule has 1 fully saturated rings. The fraction of sp³-hybridized carbons (Fsp3) is 0.714. The Balaban J connectivity index is 2.05. The van der Waals surface area contributed by atoms with Crippen molar-refractivity contribution in [3.05, 3.63) is 17.5 Å². The van der Waals surface area contributed by atoms with Crippen LogP contribution in [0.2, 0.25) is 0 Å². The van der Waals surface area contributed by atoms with Gasteiger partial charge in [-0.3, -0.25) is 9.48 Å². The van der Waals surface area contributed by atoms with Crippen LogP contribution in [-0.2, 0) is 6.54 Å². The summed E-state index contributed by atoms with van der Waals surface area (Å²) in [6, 6.07) is 1.88. The van der Waals surface area contributed by atoms with Gasteiger partial charge in [0.2, 0.25) is 0 Å². The molecule has 1 aliphatic heterocycles. The van der Waals surface area contributed by atoms with Crippen LogP contribution in [0.15, 0.2) is 6.07 Å². The molecule has 0 aromatic carbocycles. The van der Waals surface area contributed by atoms with Crippen molar-refractivity contribution >= 4 is 17.5 Å². The first-order valence-corrected chi connectivity index (χ1v) is 7.44. The van der Waals surface area contributed by atoms with Crippen molar-refractivity contribution in [1.82, 2.24) is 14.7 Å². The van der Waals surface area contributed by atoms with Crippen LogP contribution in [0.3, 0.4) is 0 Å². The Labute approximate surface area is 119 Å². The fourth-order valence-electron chi connectivity index (χ4n) is 2.68. The molecule has 0 aliphatic carbocycles. The number of hydrogen-bond acceptors (Lipinski definition) is 2. The van der Waals surface area contributed by atoms with Gasteiger partial charge in [0.25, 0.3) is 5.91 Å². The highest BCUT2D eigenvalue weighted by Crippen LogP contribution is 2.24. The van der Waals surface area contributed by atoms with Crippen molar-refractivity contribution < 1.29 is 4.79 Å². The maximum absolute atomic E-state index is 12.5. The van der Waals surface area contributed by atoms with Crippen molar-refractivity contribution in [2.45, 2.75) is 45.5 Å². The summed E-state index contributed by atoms with van der Waals surface area (Å²) in [6.45, 7) is 8.29. The highest BCUT2D eigenvalue weighted by Gasteiger charge is 2.27. The van der Waals surface area contributed by atoms with Crippen molar-refractivity contribution in [2.75, 3.05) is 13.1 Å². The van der Waals surface area contributed by atoms with E-state index < -0.39 is 0 Å². The molecule has 1 unspecified atom stereocenters. The second kappa shape index (κ2) is 5.95. The maximum atomic E-state index is 12.5. The van der Waals surface area contributed by atoms with Gasteiger partial charge in [-0.25, -0.2) is 0 Å². The average Bonchev–Trinajstić information content (AvgIpc) is 2.79. The number of amides is 1. The van der Waals surface area contributed by atoms with Gasteiger partial charge in [0.05, 0.1) is 5.69 Å². The maximum Gasteiger partial charge on any atom is 0.272 e. The number of rotatable bonds is 3. The fourth-order valence-corrected chi connectivity index (χ4v) is 2.93. The van der Waals surface area contributed by atoms with Crippen LogP contribution in [0.4, 0.5) is 0 Å². The van der Waals surface area contributed by atoms with E-state index in [-0.39, 0.29) is 11.3 Å². The number of carbonyl (C=O) groups is 1. The number of nitrogens with zero attached hydrogens (tertiary/aromatic N) is 3. The number of piperidine rings is 1. The molecule has 0 saturated carbocycles. The van der Waals surface area contributed by atoms with Crippen molar-refractivity contribution in [3.63, 3.8) is 0 Å². The number of carbonyl (C=O) groups excluding carboxylic acids is 1. The number of alkyl halides is 1. The predicted octanol–water partition coefficient (Wildman–Crippen LogP) is 2.69. The number of aryl methyl sites for hydroxylation is 2. The molecular weight excluding hydrogens is 262 g/mol. The third-order valence-electron chi connectivity index (χ3n) is 3.90. The Morgan fingerprint density at radius 2 is 2.16 bits per heavy atom. The van der Waals surface area contributed by atoms with Gasteiger partial charge in [0.1, 0.15) is 5.69 Å². The second-order valence-corrected chi connectivity index (χ2v) is 5.98. The lowest BCUT2D eigenvalue weighted by molar-refractivity contribution is 0.0677. The van der Waals surface area contributed by atoms with Crippen LogP contribution >= 0.6 is 11.6 Å². The summed E-state index contributed by atoms with van der Waals surface area (Å²) in [6.07, 6.45) is 1.99. The lowest BCUT2D eigenvalue weighted by Gasteiger charge is -2.33. The largest absolute Gasteiger partial charge is 0.337 e. The molecule has 5 heteroatoms. The third kappa shape index (κ3) is 3.11. The normalized spacial score (nSPS) is 18.6. The van der Waals surface area contributed by atoms with Crippen LogP contribution < -0.4 is 0 Å². The third-order valence-corrected chi connectivity index (χ3v) is 4.25. The average molecular weight is 284 g/mol. The summed E-state index contributed by atoms with van der Waals surface area (Å²) >= 11 is 6.13. The number of halogens is 1. The molecule has 106 valence electrons. The zero-order valence-corrected chi connectivity index (χ0v) is 12.7. The Hall–Kier alpha value is -1.03. The minimum Gasteiger partial charge on any atom is -0.337 e. The molecule has 2 rings (SSSR count). The molecule has 1 aliphatic rings. The van der Waals surface area contributed by atoms with E-state index in [9.17, 15) is 4.79 Å². The van der Waals surface area contributed by atoms with Crippen molar-refractivity contribution in [1.29, 1.82) is 0 Å². The van der Waals surface area contributed by atoms with Gasteiger partial charge >= 0.3 is 0 Å². The first-order valence-electron chi connectivity index (χ1n) is 7.00. The van der Waals surface area contributed by atoms with E-state index in [1.807, 2.05) is 31.7 Å². The van der Waals surface area contributed by atoms with Gasteiger partial charge in [-0.1, -0.05) is 0 Å². The van der Waals surface area contributed by atoms with Gasteiger partial charge in [-0.05, 0) is 45.6 Å². The van der Waals surface area contributed by atoms with Gasteiger partial charge in [0.15, 0.2) is 0 Å². The molecule has 1 amide bonds. The van der Waals surface area contributed by atoms with E-state index >= 15 is 0 Å². The molecule has 0 radical (unpaired) electrons. The van der Waals surface area contributed by atoms with E-state index in [4.69, 9.17) is 11.6 Å². The summed E-state index contributed by atoms with van der Waals surface area (Å²) in [5.41, 5.74) is 1.60. The number of aromatic nitrogens is 2. The monoisotopic (exact) mass is 283 g/mol. The summed E-state index contributed by atoms with van der Waals surface area (Å²) in [7, 11) is 0. The molecule has 0 spiro atoms. The quantitative estimate of drug-likeness (QED) is 0.800. The zero-order valence-electron chi connectivity index (χ0n) is 11.9. The minimum atomic E-state index is 0.100. The SMILES string of the molecule is CCn1nc(C)cc1C(=O)N1CCC(C(C)Cl)CC1. The van der Waals surface area contributed by atoms with Crippen LogP contribution in [0.5, 0.6) is 0 Å². The van der Waals surface area contributed by atoms with E-state index in [0.29, 0.717) is 11.6 Å². The molecular formula is C14H22ClN3O. The Bertz CT molecular complexity index is 448. The van der Waals surface area contributed by atoms with Crippen LogP contribution in [0, 0.1) is 12.8 Å². The smallest absolute Gasteiger partial charge is 0.272 e. The summed E-state index contributed by atoms with van der Waals surface area (Å²) in [5, 5.41) is 4.53. The van der Waals surface area contributed by atoms with Crippen molar-refractivity contribution in [3.8, 4) is 0 Å². The highest BCUT2D eigenvalue weighted by molar-refractivity contribution is 6.20. The Morgan fingerprint density at radius 3 is 2.68 bits per heavy atom. The molecule has 1 aromatic rings. The number of hydrogen-bond donors (Lipinski definition) is 0. The van der Waals surface area contributed by atoms with E-state index in [1.165, 1.54) is 0 Å². The molecule has 2 heterocycles. The summed E-state index contributed by atoms with van der Waals surface area (Å²) in [4.78, 5) is 14.4. The number of likely N-dealkylation sites (tertiary alicyclic amines) is 1. The second-order valence-electron chi connectivity index (χ2n) is 5.29. The standard InChI is InChI=1S/C14H22ClN3O/c1-4-18-13(9-10(2)16-18)14(19)17-7-5-12(6-8-17)11(3)15/h9,11-12H,4-8H2,1-3H3. The summed E-state index contributed by atoms with van der Waals surface area (Å²) in [5.74, 6) is 0.631. The molecule has 4 nitrogen and oxygen atoms in total. The first-order chi connectivity index (χ1) is 9.02. The lowest BCUT2D eigenvalue weighted by Crippen LogP contribution is -2.40. The van der Waals surface area contributed by atoms with Gasteiger partial charge in [-0.2, -0.15) is 5.10 Å². The van der Waals surface area contributed by atoms with E-state index in [0.717, 1.165) is 38.2 Å². The van der Waals surface area contributed by atoms with Gasteiger partial charge in [0, 0.05) is 25.0 Å². The summed E-state index contributed by atoms with van der Waals surface area (Å²) < 4.78 is 1.79. The van der Waals surface area contributed by atoms with Gasteiger partial charge in [-0.15, -0.1) is 11.6 Å². The van der Waals surface area contributed by atoms with E-state index in [1.54, 1.807) is 4.68 Å². The Kier molecular flexibility index (Phi) is 4.50. The zero-order chi connectivity index (χ0) is 14.0. The first kappa shape index (κ1) is 14.4. The Morgan fingerprint density at radius 1 is 1.53 bits per heavy atom. The van der Waals surface area contributed by atoms with E-state index in [2.05, 4.69) is 5.10 Å². The molecule has 0 bridgehead atoms. The topological polar surface area (TPSA) is 38.1 Å². The molecule has 1 atom stereocenters. The lowest BCUT2D eigenvalue weighted by atomic mass is 9.94. The van der Waals surface area contributed by atoms with Crippen LogP contribution in [0.25, 0.3) is 0 Å². The minimum absolute atomic E-state index is 0.100. The van der Waals surface area contributed by atoms with Gasteiger partial charge < -0.3 is 4.90 Å². The molecule has 19 heavy (non-hydrogen) atoms.